The maximum absolute atomic E-state index is 12.7. The van der Waals surface area contributed by atoms with Gasteiger partial charge >= 0.3 is 0 Å². The van der Waals surface area contributed by atoms with Crippen LogP contribution in [0.1, 0.15) is 29.1 Å². The molecule has 1 N–H and O–H groups in total. The third-order valence-electron chi connectivity index (χ3n) is 2.37. The molecule has 0 bridgehead atoms. The first-order valence-corrected chi connectivity index (χ1v) is 5.11. The van der Waals surface area contributed by atoms with Gasteiger partial charge in [0.15, 0.2) is 6.39 Å². The maximum Gasteiger partial charge on any atom is 0.289 e. The monoisotopic (exact) mass is 234 g/mol. The van der Waals surface area contributed by atoms with E-state index in [1.165, 1.54) is 24.7 Å². The largest absolute Gasteiger partial charge is 0.438 e. The Labute approximate surface area is 97.5 Å². The van der Waals surface area contributed by atoms with Gasteiger partial charge in [0, 0.05) is 0 Å². The minimum atomic E-state index is -0.348. The molecule has 1 amide bonds. The molecule has 1 heterocycles. The first-order valence-electron chi connectivity index (χ1n) is 5.11. The summed E-state index contributed by atoms with van der Waals surface area (Å²) in [5.41, 5.74) is 0.819. The van der Waals surface area contributed by atoms with Crippen LogP contribution >= 0.6 is 0 Å². The molecule has 0 saturated carbocycles. The van der Waals surface area contributed by atoms with Crippen LogP contribution in [-0.4, -0.2) is 10.9 Å². The molecular formula is C12H11FN2O2. The second kappa shape index (κ2) is 4.78. The number of amides is 1. The van der Waals surface area contributed by atoms with E-state index in [-0.39, 0.29) is 23.5 Å². The van der Waals surface area contributed by atoms with Gasteiger partial charge in [-0.05, 0) is 24.6 Å². The Balaban J connectivity index is 2.04. The number of hydrogen-bond acceptors (Lipinski definition) is 3. The lowest BCUT2D eigenvalue weighted by atomic mass is 10.1. The van der Waals surface area contributed by atoms with Crippen LogP contribution in [0.4, 0.5) is 4.39 Å². The molecule has 0 saturated heterocycles. The molecule has 2 rings (SSSR count). The lowest BCUT2D eigenvalue weighted by molar-refractivity contribution is 0.0912. The van der Waals surface area contributed by atoms with Gasteiger partial charge in [0.25, 0.3) is 5.91 Å². The molecule has 0 unspecified atom stereocenters. The summed E-state index contributed by atoms with van der Waals surface area (Å²) in [5, 5.41) is 2.72. The van der Waals surface area contributed by atoms with Gasteiger partial charge in [-0.1, -0.05) is 12.1 Å². The zero-order valence-corrected chi connectivity index (χ0v) is 9.18. The van der Waals surface area contributed by atoms with Gasteiger partial charge in [0.2, 0.25) is 5.76 Å². The van der Waals surface area contributed by atoms with E-state index in [0.29, 0.717) is 0 Å². The van der Waals surface area contributed by atoms with Crippen LogP contribution in [0, 0.1) is 5.82 Å². The smallest absolute Gasteiger partial charge is 0.289 e. The fourth-order valence-electron chi connectivity index (χ4n) is 1.43. The predicted molar refractivity (Wildman–Crippen MR) is 58.8 cm³/mol. The van der Waals surface area contributed by atoms with Crippen LogP contribution in [0.15, 0.2) is 41.3 Å². The minimum absolute atomic E-state index is 0.152. The number of aromatic nitrogens is 1. The van der Waals surface area contributed by atoms with Gasteiger partial charge in [-0.15, -0.1) is 0 Å². The Kier molecular flexibility index (Phi) is 3.18. The number of nitrogens with zero attached hydrogens (tertiary/aromatic N) is 1. The lowest BCUT2D eigenvalue weighted by Crippen LogP contribution is -2.26. The van der Waals surface area contributed by atoms with Crippen molar-refractivity contribution >= 4 is 5.91 Å². The van der Waals surface area contributed by atoms with Crippen LogP contribution in [0.3, 0.4) is 0 Å². The molecule has 1 aromatic heterocycles. The highest BCUT2D eigenvalue weighted by molar-refractivity contribution is 5.91. The van der Waals surface area contributed by atoms with Gasteiger partial charge in [-0.25, -0.2) is 9.37 Å². The Bertz CT molecular complexity index is 494. The molecule has 0 fully saturated rings. The van der Waals surface area contributed by atoms with Gasteiger partial charge < -0.3 is 9.73 Å². The molecule has 5 heteroatoms. The molecule has 0 radical (unpaired) electrons. The zero-order chi connectivity index (χ0) is 12.3. The second-order valence-corrected chi connectivity index (χ2v) is 3.61. The molecule has 0 aliphatic heterocycles. The normalized spacial score (nSPS) is 12.1. The first kappa shape index (κ1) is 11.3. The number of rotatable bonds is 3. The van der Waals surface area contributed by atoms with E-state index in [4.69, 9.17) is 4.42 Å². The molecule has 4 nitrogen and oxygen atoms in total. The van der Waals surface area contributed by atoms with Crippen LogP contribution in [0.25, 0.3) is 0 Å². The van der Waals surface area contributed by atoms with Crippen LogP contribution in [0.5, 0.6) is 0 Å². The molecule has 0 spiro atoms. The fourth-order valence-corrected chi connectivity index (χ4v) is 1.43. The van der Waals surface area contributed by atoms with Crippen LogP contribution < -0.4 is 5.32 Å². The zero-order valence-electron chi connectivity index (χ0n) is 9.18. The van der Waals surface area contributed by atoms with E-state index in [0.717, 1.165) is 5.56 Å². The quantitative estimate of drug-likeness (QED) is 0.886. The van der Waals surface area contributed by atoms with Crippen molar-refractivity contribution in [3.8, 4) is 0 Å². The van der Waals surface area contributed by atoms with E-state index in [9.17, 15) is 9.18 Å². The number of halogens is 1. The van der Waals surface area contributed by atoms with Gasteiger partial charge in [-0.2, -0.15) is 0 Å². The van der Waals surface area contributed by atoms with Crippen molar-refractivity contribution in [3.05, 3.63) is 54.0 Å². The average molecular weight is 234 g/mol. The number of nitrogens with one attached hydrogen (secondary N) is 1. The highest BCUT2D eigenvalue weighted by atomic mass is 19.1. The number of carbonyl (C=O) groups is 1. The molecule has 0 aliphatic carbocycles. The number of oxazole rings is 1. The molecule has 1 aromatic carbocycles. The van der Waals surface area contributed by atoms with E-state index in [1.807, 2.05) is 6.92 Å². The summed E-state index contributed by atoms with van der Waals surface area (Å²) in [6.07, 6.45) is 2.53. The molecule has 88 valence electrons. The summed E-state index contributed by atoms with van der Waals surface area (Å²) in [7, 11) is 0. The Morgan fingerprint density at radius 1 is 1.41 bits per heavy atom. The van der Waals surface area contributed by atoms with E-state index < -0.39 is 0 Å². The number of benzene rings is 1. The first-order chi connectivity index (χ1) is 8.16. The third kappa shape index (κ3) is 2.69. The lowest BCUT2D eigenvalue weighted by Gasteiger charge is -2.12. The molecule has 2 aromatic rings. The van der Waals surface area contributed by atoms with E-state index in [2.05, 4.69) is 10.3 Å². The van der Waals surface area contributed by atoms with Crippen molar-refractivity contribution in [2.45, 2.75) is 13.0 Å². The Morgan fingerprint density at radius 3 is 2.71 bits per heavy atom. The summed E-state index contributed by atoms with van der Waals surface area (Å²) < 4.78 is 17.6. The van der Waals surface area contributed by atoms with Crippen molar-refractivity contribution < 1.29 is 13.6 Å². The van der Waals surface area contributed by atoms with Crippen molar-refractivity contribution in [2.75, 3.05) is 0 Å². The molecular weight excluding hydrogens is 223 g/mol. The average Bonchev–Trinajstić information content (AvgIpc) is 2.83. The molecule has 0 aliphatic rings. The van der Waals surface area contributed by atoms with Crippen molar-refractivity contribution in [1.29, 1.82) is 0 Å². The second-order valence-electron chi connectivity index (χ2n) is 3.61. The maximum atomic E-state index is 12.7. The summed E-state index contributed by atoms with van der Waals surface area (Å²) >= 11 is 0. The van der Waals surface area contributed by atoms with Gasteiger partial charge in [0.05, 0.1) is 12.2 Å². The predicted octanol–water partition coefficient (Wildman–Crippen LogP) is 2.30. The van der Waals surface area contributed by atoms with Crippen molar-refractivity contribution in [3.63, 3.8) is 0 Å². The highest BCUT2D eigenvalue weighted by Crippen LogP contribution is 2.13. The van der Waals surface area contributed by atoms with Gasteiger partial charge in [-0.3, -0.25) is 4.79 Å². The minimum Gasteiger partial charge on any atom is -0.438 e. The van der Waals surface area contributed by atoms with Crippen molar-refractivity contribution in [2.24, 2.45) is 0 Å². The SMILES string of the molecule is C[C@H](NC(=O)c1cnco1)c1ccc(F)cc1. The van der Waals surface area contributed by atoms with E-state index in [1.54, 1.807) is 12.1 Å². The highest BCUT2D eigenvalue weighted by Gasteiger charge is 2.13. The fraction of sp³-hybridized carbons (Fsp3) is 0.167. The summed E-state index contributed by atoms with van der Waals surface area (Å²) in [6.45, 7) is 1.81. The summed E-state index contributed by atoms with van der Waals surface area (Å²) in [6, 6.07) is 5.73. The van der Waals surface area contributed by atoms with Crippen LogP contribution in [-0.2, 0) is 0 Å². The standard InChI is InChI=1S/C12H11FN2O2/c1-8(9-2-4-10(13)5-3-9)15-12(16)11-6-14-7-17-11/h2-8H,1H3,(H,15,16)/t8-/m0/s1. The van der Waals surface area contributed by atoms with E-state index >= 15 is 0 Å². The topological polar surface area (TPSA) is 55.1 Å². The van der Waals surface area contributed by atoms with Crippen LogP contribution in [0.2, 0.25) is 0 Å². The Hall–Kier alpha value is -2.17. The molecule has 17 heavy (non-hydrogen) atoms. The Morgan fingerprint density at radius 2 is 2.12 bits per heavy atom. The number of carbonyl (C=O) groups excluding carboxylic acids is 1. The summed E-state index contributed by atoms with van der Waals surface area (Å²) in [4.78, 5) is 15.3. The summed E-state index contributed by atoms with van der Waals surface area (Å²) in [5.74, 6) is -0.499. The van der Waals surface area contributed by atoms with Crippen molar-refractivity contribution in [1.82, 2.24) is 10.3 Å². The number of hydrogen-bond donors (Lipinski definition) is 1. The van der Waals surface area contributed by atoms with Gasteiger partial charge in [0.1, 0.15) is 5.82 Å². The third-order valence-corrected chi connectivity index (χ3v) is 2.37. The molecule has 1 atom stereocenters.